The van der Waals surface area contributed by atoms with Gasteiger partial charge in [-0.3, -0.25) is 0 Å². The van der Waals surface area contributed by atoms with E-state index in [0.29, 0.717) is 13.0 Å². The molecule has 1 aromatic heterocycles. The lowest BCUT2D eigenvalue weighted by molar-refractivity contribution is -0.686. The molecule has 0 fully saturated rings. The van der Waals surface area contributed by atoms with Gasteiger partial charge in [0.1, 0.15) is 11.5 Å². The topological polar surface area (TPSA) is 70.3 Å². The lowest BCUT2D eigenvalue weighted by Gasteiger charge is -2.21. The van der Waals surface area contributed by atoms with Crippen molar-refractivity contribution in [3.63, 3.8) is 0 Å². The maximum Gasteiger partial charge on any atom is 0.231 e. The number of methoxy groups -OCH3 is 2. The number of phenols is 1. The smallest absolute Gasteiger partial charge is 0.231 e. The van der Waals surface area contributed by atoms with E-state index in [1.165, 1.54) is 39.8 Å². The number of hydrogen-bond donors (Lipinski definition) is 1. The molecule has 0 saturated carbocycles. The van der Waals surface area contributed by atoms with Gasteiger partial charge in [0.2, 0.25) is 12.5 Å². The number of aromatic hydroxyl groups is 1. The summed E-state index contributed by atoms with van der Waals surface area (Å²) in [4.78, 5) is 0. The van der Waals surface area contributed by atoms with E-state index in [1.807, 2.05) is 30.4 Å². The van der Waals surface area contributed by atoms with Crippen molar-refractivity contribution in [1.29, 1.82) is 0 Å². The largest absolute Gasteiger partial charge is 0.508 e. The summed E-state index contributed by atoms with van der Waals surface area (Å²) in [6.45, 7) is 9.57. The number of allylic oxidation sites excluding steroid dienone is 2. The molecule has 0 aliphatic carbocycles. The maximum atomic E-state index is 10.3. The van der Waals surface area contributed by atoms with Crippen LogP contribution in [0.4, 0.5) is 0 Å². The van der Waals surface area contributed by atoms with Gasteiger partial charge in [-0.1, -0.05) is 50.0 Å². The molecule has 7 nitrogen and oxygen atoms in total. The minimum absolute atomic E-state index is 0.271. The highest BCUT2D eigenvalue weighted by Gasteiger charge is 2.32. The minimum atomic E-state index is 0.271. The highest BCUT2D eigenvalue weighted by atomic mass is 16.7. The Kier molecular flexibility index (Phi) is 11.2. The molecular weight excluding hydrogens is 663 g/mol. The molecule has 1 N–H and O–H groups in total. The third kappa shape index (κ3) is 7.57. The summed E-state index contributed by atoms with van der Waals surface area (Å²) in [6.07, 6.45) is 15.9. The average molecular weight is 713 g/mol. The van der Waals surface area contributed by atoms with Gasteiger partial charge in [-0.25, -0.2) is 0 Å². The van der Waals surface area contributed by atoms with E-state index in [2.05, 4.69) is 60.3 Å². The van der Waals surface area contributed by atoms with Crippen LogP contribution in [0.3, 0.4) is 0 Å². The maximum absolute atomic E-state index is 10.3. The summed E-state index contributed by atoms with van der Waals surface area (Å²) in [5, 5.41) is 12.6. The first-order chi connectivity index (χ1) is 26.0. The Labute approximate surface area is 313 Å². The van der Waals surface area contributed by atoms with Crippen molar-refractivity contribution in [2.45, 2.75) is 70.8 Å². The number of hydrogen-bond acceptors (Lipinski definition) is 6. The second kappa shape index (κ2) is 16.5. The molecule has 5 aromatic rings. The van der Waals surface area contributed by atoms with Crippen molar-refractivity contribution in [2.75, 3.05) is 27.6 Å². The number of unbranched alkanes of at least 4 members (excludes halogenated alkanes) is 5. The van der Waals surface area contributed by atoms with Crippen LogP contribution >= 0.6 is 0 Å². The van der Waals surface area contributed by atoms with Crippen LogP contribution in [0, 0.1) is 0 Å². The number of aromatic nitrogens is 1. The van der Waals surface area contributed by atoms with Gasteiger partial charge in [0.05, 0.1) is 31.8 Å². The van der Waals surface area contributed by atoms with Crippen LogP contribution in [0.1, 0.15) is 60.8 Å². The Hall–Kier alpha value is -5.43. The monoisotopic (exact) mass is 712 g/mol. The van der Waals surface area contributed by atoms with Gasteiger partial charge in [0.25, 0.3) is 0 Å². The third-order valence-corrected chi connectivity index (χ3v) is 10.5. The molecule has 274 valence electrons. The molecule has 3 heterocycles. The van der Waals surface area contributed by atoms with E-state index >= 15 is 0 Å². The molecule has 0 radical (unpaired) electrons. The van der Waals surface area contributed by atoms with Gasteiger partial charge in [-0.15, -0.1) is 13.2 Å². The number of aryl methyl sites for hydroxylation is 3. The predicted molar refractivity (Wildman–Crippen MR) is 211 cm³/mol. The summed E-state index contributed by atoms with van der Waals surface area (Å²) in [5.74, 6) is 4.33. The van der Waals surface area contributed by atoms with Gasteiger partial charge in [0.15, 0.2) is 35.7 Å². The Morgan fingerprint density at radius 2 is 1.55 bits per heavy atom. The van der Waals surface area contributed by atoms with E-state index < -0.39 is 0 Å². The third-order valence-electron chi connectivity index (χ3n) is 10.5. The molecule has 53 heavy (non-hydrogen) atoms. The van der Waals surface area contributed by atoms with E-state index in [1.54, 1.807) is 20.3 Å². The molecular formula is C46H50NO6+. The standard InChI is InChI=1S/C46H49NO6/c1-5-13-31-16-20-41(37(25-31)32-17-19-40(48)34(26-32)14-6-2)51-24-12-10-8-7-9-11-15-36-35-18-21-42(49-3)46(50-4)39(35)29-47-23-22-33-27-43-44(53-30-52-43)28-38(33)45(36)47/h5-6,16-21,25-29H,1-2,7-15,22-24,30H2,3-4H3/p+1. The summed E-state index contributed by atoms with van der Waals surface area (Å²) >= 11 is 0. The van der Waals surface area contributed by atoms with E-state index in [-0.39, 0.29) is 12.5 Å². The molecule has 0 saturated heterocycles. The summed E-state index contributed by atoms with van der Waals surface area (Å²) < 4.78 is 31.9. The number of pyridine rings is 1. The van der Waals surface area contributed by atoms with Crippen molar-refractivity contribution in [2.24, 2.45) is 0 Å². The van der Waals surface area contributed by atoms with Crippen molar-refractivity contribution in [1.82, 2.24) is 0 Å². The molecule has 7 rings (SSSR count). The van der Waals surface area contributed by atoms with Crippen LogP contribution in [0.15, 0.2) is 92.2 Å². The first-order valence-corrected chi connectivity index (χ1v) is 18.9. The van der Waals surface area contributed by atoms with Gasteiger partial charge in [-0.2, -0.15) is 4.57 Å². The fourth-order valence-electron chi connectivity index (χ4n) is 7.85. The van der Waals surface area contributed by atoms with Gasteiger partial charge >= 0.3 is 0 Å². The number of nitrogens with zero attached hydrogens (tertiary/aromatic N) is 1. The highest BCUT2D eigenvalue weighted by Crippen LogP contribution is 2.44. The van der Waals surface area contributed by atoms with Crippen LogP contribution in [-0.2, 0) is 32.2 Å². The highest BCUT2D eigenvalue weighted by molar-refractivity contribution is 5.95. The Morgan fingerprint density at radius 1 is 0.774 bits per heavy atom. The van der Waals surface area contributed by atoms with Crippen LogP contribution in [0.5, 0.6) is 34.5 Å². The van der Waals surface area contributed by atoms with E-state index in [9.17, 15) is 5.11 Å². The van der Waals surface area contributed by atoms with E-state index in [4.69, 9.17) is 23.7 Å². The SMILES string of the molecule is C=CCc1ccc(OCCCCCCCCc2c3[n+](cc4c(OC)c(OC)ccc24)CCc2cc4c(cc2-3)OCO4)c(-c2ccc(O)c(CC=C)c2)c1. The van der Waals surface area contributed by atoms with Crippen molar-refractivity contribution >= 4 is 10.8 Å². The molecule has 0 spiro atoms. The molecule has 2 aliphatic heterocycles. The Balaban J connectivity index is 0.993. The second-order valence-electron chi connectivity index (χ2n) is 13.9. The van der Waals surface area contributed by atoms with Crippen LogP contribution in [0.2, 0.25) is 0 Å². The molecule has 4 aromatic carbocycles. The van der Waals surface area contributed by atoms with Crippen molar-refractivity contribution in [3.8, 4) is 56.9 Å². The van der Waals surface area contributed by atoms with Crippen molar-refractivity contribution < 1.29 is 33.4 Å². The predicted octanol–water partition coefficient (Wildman–Crippen LogP) is 9.89. The lowest BCUT2D eigenvalue weighted by Crippen LogP contribution is -2.41. The van der Waals surface area contributed by atoms with Crippen LogP contribution in [0.25, 0.3) is 33.2 Å². The molecule has 7 heteroatoms. The Morgan fingerprint density at radius 3 is 2.34 bits per heavy atom. The normalized spacial score (nSPS) is 12.6. The average Bonchev–Trinajstić information content (AvgIpc) is 3.64. The first kappa shape index (κ1) is 36.0. The zero-order valence-electron chi connectivity index (χ0n) is 31.0. The number of ether oxygens (including phenoxy) is 5. The number of rotatable bonds is 17. The van der Waals surface area contributed by atoms with Gasteiger partial charge in [0, 0.05) is 22.9 Å². The zero-order valence-corrected chi connectivity index (χ0v) is 31.0. The number of benzene rings is 4. The van der Waals surface area contributed by atoms with Crippen molar-refractivity contribution in [3.05, 3.63) is 114 Å². The lowest BCUT2D eigenvalue weighted by atomic mass is 9.89. The fraction of sp³-hybridized carbons (Fsp3) is 0.326. The zero-order chi connectivity index (χ0) is 36.7. The molecule has 2 aliphatic rings. The summed E-state index contributed by atoms with van der Waals surface area (Å²) in [7, 11) is 3.41. The molecule has 0 amide bonds. The summed E-state index contributed by atoms with van der Waals surface area (Å²) in [5.41, 5.74) is 9.24. The quantitative estimate of drug-likeness (QED) is 0.0588. The number of phenolic OH excluding ortho intramolecular Hbond substituents is 1. The first-order valence-electron chi connectivity index (χ1n) is 18.9. The summed E-state index contributed by atoms with van der Waals surface area (Å²) in [6, 6.07) is 20.6. The second-order valence-corrected chi connectivity index (χ2v) is 13.9. The van der Waals surface area contributed by atoms with Gasteiger partial charge in [-0.05, 0) is 103 Å². The van der Waals surface area contributed by atoms with E-state index in [0.717, 1.165) is 109 Å². The molecule has 0 unspecified atom stereocenters. The van der Waals surface area contributed by atoms with Crippen LogP contribution < -0.4 is 28.3 Å². The fourth-order valence-corrected chi connectivity index (χ4v) is 7.85. The minimum Gasteiger partial charge on any atom is -0.508 e. The van der Waals surface area contributed by atoms with Crippen LogP contribution in [-0.4, -0.2) is 32.7 Å². The Bertz CT molecular complexity index is 2140. The molecule has 0 atom stereocenters. The van der Waals surface area contributed by atoms with Gasteiger partial charge < -0.3 is 28.8 Å². The number of fused-ring (bicyclic) bond motifs is 5. The molecule has 0 bridgehead atoms.